The molecule has 0 bridgehead atoms. The van der Waals surface area contributed by atoms with Crippen LogP contribution < -0.4 is 11.2 Å². The molecule has 2 aromatic heterocycles. The van der Waals surface area contributed by atoms with E-state index in [-0.39, 0.29) is 28.8 Å². The second-order valence-electron chi connectivity index (χ2n) is 4.40. The number of fused-ring (bicyclic) bond motifs is 1. The largest absolute Gasteiger partial charge is 0.507 e. The molecule has 0 aliphatic rings. The molecule has 0 spiro atoms. The first-order valence-electron chi connectivity index (χ1n) is 6.27. The maximum absolute atomic E-state index is 10.7. The van der Waals surface area contributed by atoms with Crippen molar-refractivity contribution in [1.29, 1.82) is 0 Å². The second-order valence-corrected chi connectivity index (χ2v) is 4.40. The number of hydrogen-bond donors (Lipinski definition) is 3. The number of nitrogen functional groups attached to an aromatic ring is 1. The lowest BCUT2D eigenvalue weighted by atomic mass is 10.2. The minimum Gasteiger partial charge on any atom is -0.507 e. The van der Waals surface area contributed by atoms with Gasteiger partial charge in [0.05, 0.1) is 11.1 Å². The smallest absolute Gasteiger partial charge is 0.270 e. The van der Waals surface area contributed by atoms with Gasteiger partial charge < -0.3 is 10.8 Å². The molecule has 3 rings (SSSR count). The molecule has 0 atom stereocenters. The number of benzene rings is 1. The molecule has 0 amide bonds. The SMILES string of the molecule is Nc1cc2ncnn2c(NN=Cc2cc([N+](=O)[O-])ccc2O)n1. The highest BCUT2D eigenvalue weighted by atomic mass is 16.6. The third-order valence-electron chi connectivity index (χ3n) is 2.88. The fourth-order valence-electron chi connectivity index (χ4n) is 1.84. The fraction of sp³-hybridized carbons (Fsp3) is 0. The van der Waals surface area contributed by atoms with Gasteiger partial charge in [-0.25, -0.2) is 10.4 Å². The summed E-state index contributed by atoms with van der Waals surface area (Å²) in [4.78, 5) is 18.2. The zero-order valence-electron chi connectivity index (χ0n) is 11.5. The van der Waals surface area contributed by atoms with Gasteiger partial charge in [-0.3, -0.25) is 10.1 Å². The molecule has 3 aromatic rings. The summed E-state index contributed by atoms with van der Waals surface area (Å²) in [7, 11) is 0. The number of hydrazone groups is 1. The molecule has 0 saturated carbocycles. The van der Waals surface area contributed by atoms with E-state index in [4.69, 9.17) is 5.73 Å². The molecule has 11 heteroatoms. The summed E-state index contributed by atoms with van der Waals surface area (Å²) in [6.45, 7) is 0. The molecule has 1 aromatic carbocycles. The summed E-state index contributed by atoms with van der Waals surface area (Å²) >= 11 is 0. The number of aromatic nitrogens is 4. The number of nitrogens with two attached hydrogens (primary N) is 1. The number of nitrogens with zero attached hydrogens (tertiary/aromatic N) is 6. The Labute approximate surface area is 128 Å². The zero-order valence-corrected chi connectivity index (χ0v) is 11.5. The Kier molecular flexibility index (Phi) is 3.43. The molecule has 0 aliphatic carbocycles. The van der Waals surface area contributed by atoms with Crippen LogP contribution in [0.15, 0.2) is 35.7 Å². The van der Waals surface area contributed by atoms with Crippen LogP contribution in [-0.4, -0.2) is 35.8 Å². The summed E-state index contributed by atoms with van der Waals surface area (Å²) in [5.41, 5.74) is 8.73. The van der Waals surface area contributed by atoms with Crippen LogP contribution in [-0.2, 0) is 0 Å². The Bertz CT molecular complexity index is 920. The van der Waals surface area contributed by atoms with E-state index in [0.717, 1.165) is 0 Å². The van der Waals surface area contributed by atoms with Crippen molar-refractivity contribution < 1.29 is 10.0 Å². The van der Waals surface area contributed by atoms with Gasteiger partial charge in [0.15, 0.2) is 5.65 Å². The summed E-state index contributed by atoms with van der Waals surface area (Å²) in [5.74, 6) is 0.285. The highest BCUT2D eigenvalue weighted by Crippen LogP contribution is 2.21. The van der Waals surface area contributed by atoms with Crippen molar-refractivity contribution in [1.82, 2.24) is 19.6 Å². The summed E-state index contributed by atoms with van der Waals surface area (Å²) in [5, 5.41) is 28.3. The van der Waals surface area contributed by atoms with E-state index in [0.29, 0.717) is 5.65 Å². The minimum atomic E-state index is -0.567. The highest BCUT2D eigenvalue weighted by Gasteiger charge is 2.09. The lowest BCUT2D eigenvalue weighted by molar-refractivity contribution is -0.384. The van der Waals surface area contributed by atoms with E-state index < -0.39 is 4.92 Å². The molecule has 23 heavy (non-hydrogen) atoms. The van der Waals surface area contributed by atoms with Crippen LogP contribution >= 0.6 is 0 Å². The van der Waals surface area contributed by atoms with Gasteiger partial charge in [-0.2, -0.15) is 19.7 Å². The number of rotatable bonds is 4. The summed E-state index contributed by atoms with van der Waals surface area (Å²) in [6, 6.07) is 5.14. The maximum Gasteiger partial charge on any atom is 0.270 e. The van der Waals surface area contributed by atoms with E-state index in [1.807, 2.05) is 0 Å². The van der Waals surface area contributed by atoms with E-state index in [1.165, 1.54) is 41.3 Å². The number of non-ortho nitro benzene ring substituents is 1. The number of nitro groups is 1. The number of phenolic OH excluding ortho intramolecular Hbond substituents is 1. The minimum absolute atomic E-state index is 0.146. The third-order valence-corrected chi connectivity index (χ3v) is 2.88. The predicted octanol–water partition coefficient (Wildman–Crippen LogP) is 0.766. The van der Waals surface area contributed by atoms with Crippen molar-refractivity contribution in [2.75, 3.05) is 11.2 Å². The molecule has 0 unspecified atom stereocenters. The average Bonchev–Trinajstić information content (AvgIpc) is 2.97. The number of hydrogen-bond acceptors (Lipinski definition) is 9. The van der Waals surface area contributed by atoms with E-state index in [1.54, 1.807) is 0 Å². The van der Waals surface area contributed by atoms with Crippen molar-refractivity contribution in [3.05, 3.63) is 46.3 Å². The zero-order chi connectivity index (χ0) is 16.4. The Morgan fingerprint density at radius 3 is 3.04 bits per heavy atom. The van der Waals surface area contributed by atoms with Gasteiger partial charge in [0.1, 0.15) is 17.9 Å². The number of nitro benzene ring substituents is 1. The van der Waals surface area contributed by atoms with Gasteiger partial charge in [-0.05, 0) is 6.07 Å². The van der Waals surface area contributed by atoms with E-state index in [9.17, 15) is 15.2 Å². The van der Waals surface area contributed by atoms with E-state index >= 15 is 0 Å². The summed E-state index contributed by atoms with van der Waals surface area (Å²) < 4.78 is 1.38. The number of nitrogens with one attached hydrogen (secondary N) is 1. The highest BCUT2D eigenvalue weighted by molar-refractivity contribution is 5.84. The quantitative estimate of drug-likeness (QED) is 0.362. The Morgan fingerprint density at radius 2 is 2.26 bits per heavy atom. The van der Waals surface area contributed by atoms with Gasteiger partial charge in [0.2, 0.25) is 5.95 Å². The van der Waals surface area contributed by atoms with Crippen LogP contribution in [0.4, 0.5) is 17.5 Å². The van der Waals surface area contributed by atoms with Crippen LogP contribution in [0, 0.1) is 10.1 Å². The molecule has 116 valence electrons. The van der Waals surface area contributed by atoms with Crippen LogP contribution in [0.3, 0.4) is 0 Å². The predicted molar refractivity (Wildman–Crippen MR) is 81.2 cm³/mol. The Balaban J connectivity index is 1.87. The molecule has 0 radical (unpaired) electrons. The van der Waals surface area contributed by atoms with Crippen LogP contribution in [0.1, 0.15) is 5.56 Å². The van der Waals surface area contributed by atoms with Gasteiger partial charge in [0.25, 0.3) is 5.69 Å². The standard InChI is InChI=1S/C12H10N8O3/c13-10-4-11-14-6-16-19(11)12(17-10)18-15-5-7-3-8(20(22)23)1-2-9(7)21/h1-6,21H,13H2,(H,17,18). The molecule has 0 aliphatic heterocycles. The van der Waals surface area contributed by atoms with Crippen molar-refractivity contribution in [2.24, 2.45) is 5.10 Å². The molecular formula is C12H10N8O3. The van der Waals surface area contributed by atoms with Crippen LogP contribution in [0.5, 0.6) is 5.75 Å². The number of phenols is 1. The van der Waals surface area contributed by atoms with Crippen molar-refractivity contribution >= 4 is 29.3 Å². The molecule has 4 N–H and O–H groups in total. The first-order chi connectivity index (χ1) is 11.0. The molecule has 0 fully saturated rings. The van der Waals surface area contributed by atoms with Crippen molar-refractivity contribution in [3.63, 3.8) is 0 Å². The molecular weight excluding hydrogens is 304 g/mol. The van der Waals surface area contributed by atoms with E-state index in [2.05, 4.69) is 25.6 Å². The molecule has 11 nitrogen and oxygen atoms in total. The third kappa shape index (κ3) is 2.83. The Morgan fingerprint density at radius 1 is 1.43 bits per heavy atom. The first kappa shape index (κ1) is 14.2. The van der Waals surface area contributed by atoms with Crippen LogP contribution in [0.25, 0.3) is 5.65 Å². The molecule has 0 saturated heterocycles. The normalized spacial score (nSPS) is 11.1. The van der Waals surface area contributed by atoms with Gasteiger partial charge >= 0.3 is 0 Å². The average molecular weight is 314 g/mol. The van der Waals surface area contributed by atoms with Gasteiger partial charge in [0, 0.05) is 23.8 Å². The fourth-order valence-corrected chi connectivity index (χ4v) is 1.84. The monoisotopic (exact) mass is 314 g/mol. The maximum atomic E-state index is 10.7. The number of aromatic hydroxyl groups is 1. The topological polar surface area (TPSA) is 157 Å². The Hall–Kier alpha value is -3.76. The summed E-state index contributed by atoms with van der Waals surface area (Å²) in [6.07, 6.45) is 2.55. The lowest BCUT2D eigenvalue weighted by Gasteiger charge is -2.03. The lowest BCUT2D eigenvalue weighted by Crippen LogP contribution is -2.05. The second kappa shape index (κ2) is 5.55. The van der Waals surface area contributed by atoms with Crippen LogP contribution in [0.2, 0.25) is 0 Å². The van der Waals surface area contributed by atoms with Crippen molar-refractivity contribution in [3.8, 4) is 5.75 Å². The first-order valence-corrected chi connectivity index (χ1v) is 6.27. The number of anilines is 2. The molecule has 2 heterocycles. The van der Waals surface area contributed by atoms with Gasteiger partial charge in [-0.1, -0.05) is 0 Å². The van der Waals surface area contributed by atoms with Gasteiger partial charge in [-0.15, -0.1) is 0 Å². The van der Waals surface area contributed by atoms with Crippen molar-refractivity contribution in [2.45, 2.75) is 0 Å².